The summed E-state index contributed by atoms with van der Waals surface area (Å²) in [7, 11) is 0. The van der Waals surface area contributed by atoms with Gasteiger partial charge in [0.2, 0.25) is 0 Å². The van der Waals surface area contributed by atoms with Gasteiger partial charge in [-0.05, 0) is 122 Å². The molecule has 0 bridgehead atoms. The number of benzene rings is 3. The second-order valence-corrected chi connectivity index (χ2v) is 35.7. The Bertz CT molecular complexity index is 3850. The van der Waals surface area contributed by atoms with Gasteiger partial charge in [-0.25, -0.2) is 0 Å². The third-order valence-corrected chi connectivity index (χ3v) is 28.4. The summed E-state index contributed by atoms with van der Waals surface area (Å²) in [4.78, 5) is 68.7. The molecule has 0 saturated heterocycles. The first-order valence-electron chi connectivity index (χ1n) is 39.3. The molecule has 11 rings (SSSR count). The fourth-order valence-electron chi connectivity index (χ4n) is 15.5. The minimum absolute atomic E-state index is 0.180. The average molecular weight is 1450 g/mol. The Labute approximate surface area is 623 Å². The second kappa shape index (κ2) is 38.3. The van der Waals surface area contributed by atoms with Gasteiger partial charge in [-0.2, -0.15) is 0 Å². The Hall–Kier alpha value is -5.46. The maximum Gasteiger partial charge on any atom is 0.197 e. The van der Waals surface area contributed by atoms with Crippen molar-refractivity contribution in [2.45, 2.75) is 273 Å². The van der Waals surface area contributed by atoms with Crippen LogP contribution in [0.3, 0.4) is 0 Å². The first-order chi connectivity index (χ1) is 49.0. The fraction of sp³-hybridized carbons (Fsp3) is 0.489. The molecule has 10 heteroatoms. The van der Waals surface area contributed by atoms with Crippen LogP contribution < -0.4 is 0 Å². The highest BCUT2D eigenvalue weighted by Crippen LogP contribution is 2.56. The molecule has 530 valence electrons. The molecule has 0 saturated carbocycles. The van der Waals surface area contributed by atoms with Crippen LogP contribution in [0.1, 0.15) is 319 Å². The van der Waals surface area contributed by atoms with Crippen LogP contribution in [0.4, 0.5) is 0 Å². The van der Waals surface area contributed by atoms with Crippen molar-refractivity contribution in [3.05, 3.63) is 161 Å². The first kappa shape index (κ1) is 75.7. The maximum absolute atomic E-state index is 14.0. The molecular weight excluding hydrogens is 1340 g/mol. The van der Waals surface area contributed by atoms with E-state index in [-0.39, 0.29) is 34.3 Å². The Morgan fingerprint density at radius 3 is 0.970 bits per heavy atom. The van der Waals surface area contributed by atoms with E-state index in [9.17, 15) is 19.2 Å². The lowest BCUT2D eigenvalue weighted by Gasteiger charge is -2.16. The van der Waals surface area contributed by atoms with Crippen molar-refractivity contribution in [3.8, 4) is 40.4 Å². The number of hydrogen-bond acceptors (Lipinski definition) is 10. The summed E-state index contributed by atoms with van der Waals surface area (Å²) >= 11 is 11.5. The Morgan fingerprint density at radius 1 is 0.320 bits per heavy atom. The number of thiophene rings is 6. The zero-order chi connectivity index (χ0) is 69.7. The van der Waals surface area contributed by atoms with E-state index in [1.807, 2.05) is 81.8 Å². The summed E-state index contributed by atoms with van der Waals surface area (Å²) in [5.74, 6) is 0.612. The maximum atomic E-state index is 14.0. The Morgan fingerprint density at radius 2 is 0.630 bits per heavy atom. The van der Waals surface area contributed by atoms with E-state index in [1.165, 1.54) is 248 Å². The molecule has 2 aliphatic rings. The number of aryl methyl sites for hydroxylation is 2. The number of ketones is 4. The summed E-state index contributed by atoms with van der Waals surface area (Å²) in [6.45, 7) is 13.8. The predicted molar refractivity (Wildman–Crippen MR) is 440 cm³/mol. The molecule has 0 N–H and O–H groups in total. The normalized spacial score (nSPS) is 13.7. The van der Waals surface area contributed by atoms with Gasteiger partial charge in [-0.15, -0.1) is 68.0 Å². The zero-order valence-corrected chi connectivity index (χ0v) is 66.0. The molecule has 3 aromatic carbocycles. The number of carbonyl (C=O) groups excluding carboxylic acids is 4. The van der Waals surface area contributed by atoms with E-state index < -0.39 is 0 Å². The lowest BCUT2D eigenvalue weighted by atomic mass is 9.91. The van der Waals surface area contributed by atoms with Crippen LogP contribution in [0, 0.1) is 11.8 Å². The molecule has 9 aromatic rings. The van der Waals surface area contributed by atoms with E-state index in [1.54, 1.807) is 46.9 Å². The zero-order valence-electron chi connectivity index (χ0n) is 61.1. The van der Waals surface area contributed by atoms with Crippen molar-refractivity contribution in [3.63, 3.8) is 0 Å². The van der Waals surface area contributed by atoms with E-state index in [0.717, 1.165) is 74.0 Å². The summed E-state index contributed by atoms with van der Waals surface area (Å²) < 4.78 is 2.64. The minimum atomic E-state index is -0.180. The van der Waals surface area contributed by atoms with Gasteiger partial charge in [-0.1, -0.05) is 283 Å². The molecule has 6 aromatic heterocycles. The molecule has 2 aliphatic carbocycles. The molecule has 0 amide bonds. The lowest BCUT2D eigenvalue weighted by Crippen LogP contribution is -2.04. The molecule has 0 radical (unpaired) electrons. The highest BCUT2D eigenvalue weighted by atomic mass is 32.1. The summed E-state index contributed by atoms with van der Waals surface area (Å²) in [6.07, 6.45) is 48.5. The molecule has 0 fully saturated rings. The molecule has 0 spiro atoms. The van der Waals surface area contributed by atoms with Crippen molar-refractivity contribution in [1.29, 1.82) is 0 Å². The molecule has 0 aliphatic heterocycles. The number of allylic oxidation sites excluding steroid dienone is 2. The minimum Gasteiger partial charge on any atom is -0.288 e. The van der Waals surface area contributed by atoms with E-state index in [4.69, 9.17) is 0 Å². The van der Waals surface area contributed by atoms with Gasteiger partial charge in [0, 0.05) is 102 Å². The quantitative estimate of drug-likeness (QED) is 0.0217. The van der Waals surface area contributed by atoms with Gasteiger partial charge in [0.25, 0.3) is 0 Å². The topological polar surface area (TPSA) is 68.3 Å². The largest absolute Gasteiger partial charge is 0.288 e. The number of fused-ring (bicyclic) bond motifs is 4. The van der Waals surface area contributed by atoms with Crippen molar-refractivity contribution < 1.29 is 19.2 Å². The van der Waals surface area contributed by atoms with Crippen LogP contribution >= 0.6 is 68.0 Å². The highest BCUT2D eigenvalue weighted by molar-refractivity contribution is 7.29. The summed E-state index contributed by atoms with van der Waals surface area (Å²) in [6, 6.07) is 34.2. The Kier molecular flexibility index (Phi) is 29.0. The molecule has 2 atom stereocenters. The third-order valence-electron chi connectivity index (χ3n) is 21.2. The standard InChI is InChI=1S/C90H110O4S6/c1-7-13-19-25-27-31-41-61(39-29-21-15-9-3)53-65-49-51-77(95-65)81-73-59-79(87-63(43-33-23-17-11-5)55-67(97-87)57-75-83(91)69-45-35-36-46-70(69)84(75)92)100-90(73)82(78-52-50-66(96-78)54-62(40-30-22-16-10-4)42-32-28-26-20-14-8-2)74-60-80(99-89(74)81)88-64(44-34-24-18-12-6)56-68(98-88)58-76-85(93)71-47-37-38-48-72(71)86(76)94/h35-38,45-52,55-62H,7-34,39-44,53-54H2,1-6H3. The smallest absolute Gasteiger partial charge is 0.197 e. The van der Waals surface area contributed by atoms with Crippen LogP contribution in [0.25, 0.3) is 72.7 Å². The van der Waals surface area contributed by atoms with E-state index in [0.29, 0.717) is 34.1 Å². The fourth-order valence-corrected chi connectivity index (χ4v) is 23.1. The Balaban J connectivity index is 1.10. The van der Waals surface area contributed by atoms with Gasteiger partial charge in [-0.3, -0.25) is 19.2 Å². The van der Waals surface area contributed by atoms with Crippen molar-refractivity contribution in [2.24, 2.45) is 11.8 Å². The first-order valence-corrected chi connectivity index (χ1v) is 44.2. The lowest BCUT2D eigenvalue weighted by molar-refractivity contribution is 0.0975. The van der Waals surface area contributed by atoms with Crippen molar-refractivity contribution in [1.82, 2.24) is 0 Å². The molecule has 4 nitrogen and oxygen atoms in total. The van der Waals surface area contributed by atoms with Gasteiger partial charge in [0.15, 0.2) is 23.1 Å². The number of hydrogen-bond donors (Lipinski definition) is 0. The van der Waals surface area contributed by atoms with Crippen LogP contribution in [0.5, 0.6) is 0 Å². The van der Waals surface area contributed by atoms with Crippen molar-refractivity contribution >= 4 is 123 Å². The van der Waals surface area contributed by atoms with Gasteiger partial charge in [0.1, 0.15) is 0 Å². The molecule has 6 heterocycles. The second-order valence-electron chi connectivity index (χ2n) is 29.1. The predicted octanol–water partition coefficient (Wildman–Crippen LogP) is 30.0. The highest BCUT2D eigenvalue weighted by Gasteiger charge is 2.35. The summed E-state index contributed by atoms with van der Waals surface area (Å²) in [5, 5.41) is 2.60. The van der Waals surface area contributed by atoms with E-state index >= 15 is 0 Å². The number of Topliss-reactive ketones (excluding diaryl/α,β-unsaturated/α-hetero) is 4. The van der Waals surface area contributed by atoms with Gasteiger partial charge in [0.05, 0.1) is 11.1 Å². The average Bonchev–Trinajstić information content (AvgIpc) is 1.55. The monoisotopic (exact) mass is 1450 g/mol. The third kappa shape index (κ3) is 18.9. The SMILES string of the molecule is CCCCCCCCC(CCCCCC)Cc1ccc(-c2c3cc(-c4sc(C=C5C(=O)c6ccccc6C5=O)cc4CCCCCC)sc3c(-c3ccc(CC(CCCCCC)CCCCCCCC)s3)c3cc(-c4sc(C=C5C(=O)c6ccccc6C5=O)cc4CCCCCC)sc23)s1. The number of rotatable bonds is 44. The number of carbonyl (C=O) groups is 4. The molecule has 2 unspecified atom stereocenters. The van der Waals surface area contributed by atoms with Crippen LogP contribution in [0.2, 0.25) is 0 Å². The van der Waals surface area contributed by atoms with Crippen LogP contribution in [0.15, 0.2) is 108 Å². The summed E-state index contributed by atoms with van der Waals surface area (Å²) in [5.41, 5.74) is 7.78. The van der Waals surface area contributed by atoms with Crippen LogP contribution in [-0.4, -0.2) is 23.1 Å². The molecular formula is C90H110O4S6. The molecule has 100 heavy (non-hydrogen) atoms. The van der Waals surface area contributed by atoms with Gasteiger partial charge < -0.3 is 0 Å². The number of unbranched alkanes of at least 4 members (excludes halogenated alkanes) is 22. The van der Waals surface area contributed by atoms with Crippen molar-refractivity contribution in [2.75, 3.05) is 0 Å². The van der Waals surface area contributed by atoms with Gasteiger partial charge >= 0.3 is 0 Å². The van der Waals surface area contributed by atoms with Crippen LogP contribution in [-0.2, 0) is 25.7 Å². The van der Waals surface area contributed by atoms with E-state index in [2.05, 4.69) is 90.1 Å².